The average Bonchev–Trinajstić information content (AvgIpc) is 2.86. The molecule has 20 heavy (non-hydrogen) atoms. The second kappa shape index (κ2) is 6.88. The van der Waals surface area contributed by atoms with E-state index in [2.05, 4.69) is 24.3 Å². The van der Waals surface area contributed by atoms with Crippen molar-refractivity contribution in [3.63, 3.8) is 0 Å². The zero-order valence-corrected chi connectivity index (χ0v) is 12.9. The van der Waals surface area contributed by atoms with Crippen LogP contribution in [0.2, 0.25) is 0 Å². The molecule has 0 aliphatic carbocycles. The highest BCUT2D eigenvalue weighted by atomic mass is 16.2. The Bertz CT molecular complexity index is 447. The number of nitrogens with one attached hydrogen (secondary N) is 1. The molecule has 2 heterocycles. The van der Waals surface area contributed by atoms with E-state index in [9.17, 15) is 4.79 Å². The Kier molecular flexibility index (Phi) is 5.17. The van der Waals surface area contributed by atoms with Gasteiger partial charge < -0.3 is 10.2 Å². The van der Waals surface area contributed by atoms with Crippen LogP contribution in [0.4, 0.5) is 0 Å². The lowest BCUT2D eigenvalue weighted by Crippen LogP contribution is -2.41. The number of carbonyl (C=O) groups excluding carboxylic acids is 1. The third-order valence-corrected chi connectivity index (χ3v) is 4.10. The van der Waals surface area contributed by atoms with E-state index in [-0.39, 0.29) is 5.91 Å². The molecule has 1 aromatic heterocycles. The molecule has 5 heteroatoms. The van der Waals surface area contributed by atoms with E-state index in [4.69, 9.17) is 0 Å². The summed E-state index contributed by atoms with van der Waals surface area (Å²) in [7, 11) is 1.85. The summed E-state index contributed by atoms with van der Waals surface area (Å²) in [4.78, 5) is 14.5. The van der Waals surface area contributed by atoms with Gasteiger partial charge in [0.25, 0.3) is 5.91 Å². The summed E-state index contributed by atoms with van der Waals surface area (Å²) in [6.45, 7) is 8.01. The Morgan fingerprint density at radius 1 is 1.40 bits per heavy atom. The molecule has 0 unspecified atom stereocenters. The summed E-state index contributed by atoms with van der Waals surface area (Å²) in [6.07, 6.45) is 3.06. The fraction of sp³-hybridized carbons (Fsp3) is 0.733. The molecule has 1 saturated heterocycles. The Morgan fingerprint density at radius 3 is 2.65 bits per heavy atom. The molecule has 1 aliphatic rings. The van der Waals surface area contributed by atoms with Gasteiger partial charge in [-0.05, 0) is 44.3 Å². The van der Waals surface area contributed by atoms with Gasteiger partial charge >= 0.3 is 0 Å². The van der Waals surface area contributed by atoms with Gasteiger partial charge in [-0.15, -0.1) is 0 Å². The second-order valence-electron chi connectivity index (χ2n) is 5.54. The standard InChI is InChI=1S/C15H26N4O/c1-4-13-10-14(18(3)17-13)15(20)19-8-6-12(7-9-19)11-16-5-2/h10,12,16H,4-9,11H2,1-3H3. The third kappa shape index (κ3) is 3.39. The van der Waals surface area contributed by atoms with Crippen LogP contribution in [-0.4, -0.2) is 46.8 Å². The van der Waals surface area contributed by atoms with Gasteiger partial charge in [0.15, 0.2) is 0 Å². The minimum Gasteiger partial charge on any atom is -0.337 e. The quantitative estimate of drug-likeness (QED) is 0.887. The number of hydrogen-bond donors (Lipinski definition) is 1. The maximum absolute atomic E-state index is 12.5. The molecule has 0 radical (unpaired) electrons. The van der Waals surface area contributed by atoms with Gasteiger partial charge in [0, 0.05) is 20.1 Å². The van der Waals surface area contributed by atoms with Crippen molar-refractivity contribution in [2.75, 3.05) is 26.2 Å². The molecular weight excluding hydrogens is 252 g/mol. The van der Waals surface area contributed by atoms with Gasteiger partial charge in [-0.2, -0.15) is 5.10 Å². The Morgan fingerprint density at radius 2 is 2.10 bits per heavy atom. The van der Waals surface area contributed by atoms with E-state index in [1.807, 2.05) is 18.0 Å². The summed E-state index contributed by atoms with van der Waals surface area (Å²) >= 11 is 0. The van der Waals surface area contributed by atoms with E-state index >= 15 is 0 Å². The number of amides is 1. The van der Waals surface area contributed by atoms with Crippen LogP contribution in [-0.2, 0) is 13.5 Å². The van der Waals surface area contributed by atoms with Crippen molar-refractivity contribution >= 4 is 5.91 Å². The van der Waals surface area contributed by atoms with Crippen molar-refractivity contribution in [1.82, 2.24) is 20.0 Å². The number of piperidine rings is 1. The van der Waals surface area contributed by atoms with Crippen LogP contribution in [0.1, 0.15) is 42.9 Å². The van der Waals surface area contributed by atoms with Gasteiger partial charge in [0.1, 0.15) is 5.69 Å². The van der Waals surface area contributed by atoms with Crippen LogP contribution in [0.25, 0.3) is 0 Å². The first kappa shape index (κ1) is 15.0. The van der Waals surface area contributed by atoms with E-state index in [0.717, 1.165) is 51.1 Å². The molecule has 1 N–H and O–H groups in total. The number of rotatable bonds is 5. The monoisotopic (exact) mass is 278 g/mol. The van der Waals surface area contributed by atoms with Crippen LogP contribution < -0.4 is 5.32 Å². The molecule has 0 spiro atoms. The van der Waals surface area contributed by atoms with Gasteiger partial charge in [-0.3, -0.25) is 9.48 Å². The van der Waals surface area contributed by atoms with E-state index in [1.165, 1.54) is 0 Å². The molecule has 0 bridgehead atoms. The van der Waals surface area contributed by atoms with Gasteiger partial charge in [-0.1, -0.05) is 13.8 Å². The summed E-state index contributed by atoms with van der Waals surface area (Å²) in [5.74, 6) is 0.832. The number of aryl methyl sites for hydroxylation is 2. The molecule has 0 atom stereocenters. The van der Waals surface area contributed by atoms with Crippen LogP contribution in [0.3, 0.4) is 0 Å². The Hall–Kier alpha value is -1.36. The van der Waals surface area contributed by atoms with E-state index in [0.29, 0.717) is 11.6 Å². The third-order valence-electron chi connectivity index (χ3n) is 4.10. The van der Waals surface area contributed by atoms with Crippen LogP contribution in [0.15, 0.2) is 6.07 Å². The van der Waals surface area contributed by atoms with E-state index in [1.54, 1.807) is 4.68 Å². The number of hydrogen-bond acceptors (Lipinski definition) is 3. The lowest BCUT2D eigenvalue weighted by atomic mass is 9.96. The van der Waals surface area contributed by atoms with Crippen molar-refractivity contribution < 1.29 is 4.79 Å². The molecule has 2 rings (SSSR count). The van der Waals surface area contributed by atoms with Crippen LogP contribution in [0, 0.1) is 5.92 Å². The van der Waals surface area contributed by atoms with Crippen LogP contribution >= 0.6 is 0 Å². The lowest BCUT2D eigenvalue weighted by Gasteiger charge is -2.32. The maximum atomic E-state index is 12.5. The zero-order valence-electron chi connectivity index (χ0n) is 12.9. The minimum atomic E-state index is 0.126. The summed E-state index contributed by atoms with van der Waals surface area (Å²) in [5.41, 5.74) is 1.70. The van der Waals surface area contributed by atoms with Gasteiger partial charge in [0.2, 0.25) is 0 Å². The Balaban J connectivity index is 1.92. The van der Waals surface area contributed by atoms with E-state index < -0.39 is 0 Å². The minimum absolute atomic E-state index is 0.126. The fourth-order valence-electron chi connectivity index (χ4n) is 2.75. The highest BCUT2D eigenvalue weighted by Crippen LogP contribution is 2.18. The van der Waals surface area contributed by atoms with Crippen LogP contribution in [0.5, 0.6) is 0 Å². The molecule has 1 aliphatic heterocycles. The highest BCUT2D eigenvalue weighted by molar-refractivity contribution is 5.92. The molecule has 0 saturated carbocycles. The normalized spacial score (nSPS) is 16.6. The average molecular weight is 278 g/mol. The maximum Gasteiger partial charge on any atom is 0.272 e. The summed E-state index contributed by atoms with van der Waals surface area (Å²) in [6, 6.07) is 1.92. The molecule has 1 amide bonds. The second-order valence-corrected chi connectivity index (χ2v) is 5.54. The smallest absolute Gasteiger partial charge is 0.272 e. The summed E-state index contributed by atoms with van der Waals surface area (Å²) < 4.78 is 1.71. The molecule has 5 nitrogen and oxygen atoms in total. The predicted molar refractivity (Wildman–Crippen MR) is 79.8 cm³/mol. The SMILES string of the molecule is CCNCC1CCN(C(=O)c2cc(CC)nn2C)CC1. The van der Waals surface area contributed by atoms with Crippen molar-refractivity contribution in [2.45, 2.75) is 33.1 Å². The van der Waals surface area contributed by atoms with Gasteiger partial charge in [0.05, 0.1) is 5.69 Å². The Labute approximate surface area is 121 Å². The summed E-state index contributed by atoms with van der Waals surface area (Å²) in [5, 5.41) is 7.76. The fourth-order valence-corrected chi connectivity index (χ4v) is 2.75. The van der Waals surface area contributed by atoms with Crippen molar-refractivity contribution in [3.05, 3.63) is 17.5 Å². The van der Waals surface area contributed by atoms with Crippen molar-refractivity contribution in [2.24, 2.45) is 13.0 Å². The first-order chi connectivity index (χ1) is 9.65. The number of likely N-dealkylation sites (tertiary alicyclic amines) is 1. The van der Waals surface area contributed by atoms with Gasteiger partial charge in [-0.25, -0.2) is 0 Å². The topological polar surface area (TPSA) is 50.2 Å². The number of nitrogens with zero attached hydrogens (tertiary/aromatic N) is 3. The number of carbonyl (C=O) groups is 1. The predicted octanol–water partition coefficient (Wildman–Crippen LogP) is 1.44. The number of aromatic nitrogens is 2. The lowest BCUT2D eigenvalue weighted by molar-refractivity contribution is 0.0679. The molecular formula is C15H26N4O. The highest BCUT2D eigenvalue weighted by Gasteiger charge is 2.25. The van der Waals surface area contributed by atoms with Crippen molar-refractivity contribution in [3.8, 4) is 0 Å². The molecule has 1 fully saturated rings. The largest absolute Gasteiger partial charge is 0.337 e. The first-order valence-electron chi connectivity index (χ1n) is 7.68. The zero-order chi connectivity index (χ0) is 14.5. The molecule has 0 aromatic carbocycles. The molecule has 1 aromatic rings. The molecule has 112 valence electrons. The van der Waals surface area contributed by atoms with Crippen molar-refractivity contribution in [1.29, 1.82) is 0 Å². The first-order valence-corrected chi connectivity index (χ1v) is 7.68.